The van der Waals surface area contributed by atoms with Crippen LogP contribution in [0.1, 0.15) is 5.56 Å². The number of carbonyl (C=O) groups excluding carboxylic acids is 1. The summed E-state index contributed by atoms with van der Waals surface area (Å²) in [5.41, 5.74) is 1.02. The molecule has 2 aromatic rings. The Morgan fingerprint density at radius 3 is 2.67 bits per heavy atom. The van der Waals surface area contributed by atoms with Crippen molar-refractivity contribution in [1.82, 2.24) is 4.90 Å². The van der Waals surface area contributed by atoms with Crippen LogP contribution in [0.2, 0.25) is 0 Å². The molecule has 0 heterocycles. The quantitative estimate of drug-likeness (QED) is 0.751. The minimum absolute atomic E-state index is 0.0447. The molecule has 2 aromatic carbocycles. The van der Waals surface area contributed by atoms with Gasteiger partial charge in [-0.1, -0.05) is 48.4 Å². The van der Waals surface area contributed by atoms with Gasteiger partial charge in [-0.15, -0.1) is 6.42 Å². The average molecular weight is 237 g/mol. The average Bonchev–Trinajstić information content (AvgIpc) is 2.39. The van der Waals surface area contributed by atoms with Crippen LogP contribution in [0.4, 0.5) is 0 Å². The zero-order chi connectivity index (χ0) is 13.0. The second kappa shape index (κ2) is 5.37. The molecule has 0 bridgehead atoms. The molecule has 18 heavy (non-hydrogen) atoms. The van der Waals surface area contributed by atoms with E-state index in [1.807, 2.05) is 24.3 Å². The van der Waals surface area contributed by atoms with E-state index in [1.54, 1.807) is 11.9 Å². The second-order valence-electron chi connectivity index (χ2n) is 4.31. The zero-order valence-corrected chi connectivity index (χ0v) is 10.4. The normalized spacial score (nSPS) is 10.0. The largest absolute Gasteiger partial charge is 0.334 e. The highest BCUT2D eigenvalue weighted by atomic mass is 16.2. The minimum atomic E-state index is 0.0447. The lowest BCUT2D eigenvalue weighted by atomic mass is 10.0. The summed E-state index contributed by atoms with van der Waals surface area (Å²) in [7, 11) is 1.73. The third-order valence-electron chi connectivity index (χ3n) is 2.92. The zero-order valence-electron chi connectivity index (χ0n) is 10.4. The molecule has 0 saturated carbocycles. The van der Waals surface area contributed by atoms with E-state index in [0.717, 1.165) is 10.9 Å². The van der Waals surface area contributed by atoms with E-state index in [1.165, 1.54) is 5.39 Å². The van der Waals surface area contributed by atoms with Crippen LogP contribution in [-0.2, 0) is 11.2 Å². The summed E-state index contributed by atoms with van der Waals surface area (Å²) in [4.78, 5) is 13.4. The molecule has 0 fully saturated rings. The number of amides is 1. The molecule has 0 N–H and O–H groups in total. The Labute approximate surface area is 107 Å². The maximum absolute atomic E-state index is 11.9. The van der Waals surface area contributed by atoms with E-state index in [9.17, 15) is 4.79 Å². The van der Waals surface area contributed by atoms with Crippen molar-refractivity contribution >= 4 is 16.7 Å². The van der Waals surface area contributed by atoms with Crippen LogP contribution in [0.15, 0.2) is 42.5 Å². The highest BCUT2D eigenvalue weighted by molar-refractivity contribution is 5.85. The first kappa shape index (κ1) is 12.2. The van der Waals surface area contributed by atoms with Gasteiger partial charge in [0.25, 0.3) is 0 Å². The summed E-state index contributed by atoms with van der Waals surface area (Å²) < 4.78 is 0. The summed E-state index contributed by atoms with van der Waals surface area (Å²) in [5.74, 6) is 2.51. The summed E-state index contributed by atoms with van der Waals surface area (Å²) in [6, 6.07) is 14.2. The molecule has 2 heteroatoms. The fourth-order valence-corrected chi connectivity index (χ4v) is 1.88. The van der Waals surface area contributed by atoms with Gasteiger partial charge in [0.15, 0.2) is 0 Å². The Kier molecular flexibility index (Phi) is 3.64. The number of terminal acetylenes is 1. The van der Waals surface area contributed by atoms with Gasteiger partial charge in [-0.25, -0.2) is 0 Å². The Bertz CT molecular complexity index is 610. The molecule has 0 aliphatic carbocycles. The monoisotopic (exact) mass is 237 g/mol. The van der Waals surface area contributed by atoms with Gasteiger partial charge in [0.1, 0.15) is 0 Å². The van der Waals surface area contributed by atoms with Crippen molar-refractivity contribution in [3.63, 3.8) is 0 Å². The molecule has 0 spiro atoms. The minimum Gasteiger partial charge on any atom is -0.334 e. The molecule has 0 atom stereocenters. The third-order valence-corrected chi connectivity index (χ3v) is 2.92. The first-order valence-electron chi connectivity index (χ1n) is 5.86. The highest BCUT2D eigenvalue weighted by Crippen LogP contribution is 2.16. The van der Waals surface area contributed by atoms with Crippen molar-refractivity contribution < 1.29 is 4.79 Å². The van der Waals surface area contributed by atoms with Gasteiger partial charge in [0.05, 0.1) is 13.0 Å². The first-order chi connectivity index (χ1) is 8.70. The molecule has 2 rings (SSSR count). The van der Waals surface area contributed by atoms with Gasteiger partial charge in [-0.2, -0.15) is 0 Å². The van der Waals surface area contributed by atoms with Crippen LogP contribution in [0.25, 0.3) is 10.8 Å². The second-order valence-corrected chi connectivity index (χ2v) is 4.31. The number of hydrogen-bond acceptors (Lipinski definition) is 1. The Morgan fingerprint density at radius 2 is 1.94 bits per heavy atom. The number of fused-ring (bicyclic) bond motifs is 1. The van der Waals surface area contributed by atoms with Crippen LogP contribution in [0, 0.1) is 12.3 Å². The smallest absolute Gasteiger partial charge is 0.227 e. The van der Waals surface area contributed by atoms with Crippen molar-refractivity contribution in [1.29, 1.82) is 0 Å². The number of benzene rings is 2. The lowest BCUT2D eigenvalue weighted by Gasteiger charge is -2.13. The molecule has 2 nitrogen and oxygen atoms in total. The molecule has 0 aliphatic heterocycles. The molecule has 0 aromatic heterocycles. The molecule has 0 aliphatic rings. The van der Waals surface area contributed by atoms with E-state index in [4.69, 9.17) is 6.42 Å². The summed E-state index contributed by atoms with van der Waals surface area (Å²) >= 11 is 0. The fraction of sp³-hybridized carbons (Fsp3) is 0.188. The van der Waals surface area contributed by atoms with E-state index in [2.05, 4.69) is 24.1 Å². The maximum atomic E-state index is 11.9. The van der Waals surface area contributed by atoms with Crippen LogP contribution >= 0.6 is 0 Å². The number of hydrogen-bond donors (Lipinski definition) is 0. The highest BCUT2D eigenvalue weighted by Gasteiger charge is 2.08. The molecular formula is C16H15NO. The van der Waals surface area contributed by atoms with Gasteiger partial charge in [0.2, 0.25) is 5.91 Å². The topological polar surface area (TPSA) is 20.3 Å². The molecule has 1 amide bonds. The van der Waals surface area contributed by atoms with Crippen molar-refractivity contribution in [3.8, 4) is 12.3 Å². The van der Waals surface area contributed by atoms with Crippen LogP contribution in [0.3, 0.4) is 0 Å². The van der Waals surface area contributed by atoms with E-state index >= 15 is 0 Å². The van der Waals surface area contributed by atoms with Crippen molar-refractivity contribution in [2.75, 3.05) is 13.6 Å². The molecule has 0 radical (unpaired) electrons. The fourth-order valence-electron chi connectivity index (χ4n) is 1.88. The van der Waals surface area contributed by atoms with Crippen LogP contribution < -0.4 is 0 Å². The Balaban J connectivity index is 2.17. The molecule has 90 valence electrons. The number of likely N-dealkylation sites (N-methyl/N-ethyl adjacent to an activating group) is 1. The van der Waals surface area contributed by atoms with Crippen molar-refractivity contribution in [2.24, 2.45) is 0 Å². The SMILES string of the molecule is C#CCN(C)C(=O)Cc1ccc2ccccc2c1. The number of carbonyl (C=O) groups is 1. The Hall–Kier alpha value is -2.27. The summed E-state index contributed by atoms with van der Waals surface area (Å²) in [6.07, 6.45) is 5.58. The van der Waals surface area contributed by atoms with Gasteiger partial charge >= 0.3 is 0 Å². The number of nitrogens with zero attached hydrogens (tertiary/aromatic N) is 1. The Morgan fingerprint density at radius 1 is 1.22 bits per heavy atom. The van der Waals surface area contributed by atoms with E-state index in [-0.39, 0.29) is 5.91 Å². The van der Waals surface area contributed by atoms with E-state index < -0.39 is 0 Å². The molecule has 0 saturated heterocycles. The summed E-state index contributed by atoms with van der Waals surface area (Å²) in [5, 5.41) is 2.34. The lowest BCUT2D eigenvalue weighted by molar-refractivity contribution is -0.128. The van der Waals surface area contributed by atoms with E-state index in [0.29, 0.717) is 13.0 Å². The first-order valence-corrected chi connectivity index (χ1v) is 5.86. The van der Waals surface area contributed by atoms with Crippen molar-refractivity contribution in [3.05, 3.63) is 48.0 Å². The van der Waals surface area contributed by atoms with Crippen molar-refractivity contribution in [2.45, 2.75) is 6.42 Å². The molecular weight excluding hydrogens is 222 g/mol. The lowest BCUT2D eigenvalue weighted by Crippen LogP contribution is -2.28. The van der Waals surface area contributed by atoms with Crippen LogP contribution in [0.5, 0.6) is 0 Å². The number of rotatable bonds is 3. The maximum Gasteiger partial charge on any atom is 0.227 e. The third kappa shape index (κ3) is 2.70. The van der Waals surface area contributed by atoms with Gasteiger partial charge in [-0.3, -0.25) is 4.79 Å². The predicted molar refractivity (Wildman–Crippen MR) is 74.1 cm³/mol. The molecule has 0 unspecified atom stereocenters. The predicted octanol–water partition coefficient (Wildman–Crippen LogP) is 2.47. The summed E-state index contributed by atoms with van der Waals surface area (Å²) in [6.45, 7) is 0.354. The van der Waals surface area contributed by atoms with Gasteiger partial charge < -0.3 is 4.90 Å². The van der Waals surface area contributed by atoms with Gasteiger partial charge in [0, 0.05) is 7.05 Å². The van der Waals surface area contributed by atoms with Gasteiger partial charge in [-0.05, 0) is 16.3 Å². The van der Waals surface area contributed by atoms with Crippen LogP contribution in [-0.4, -0.2) is 24.4 Å². The standard InChI is InChI=1S/C16H15NO/c1-3-10-17(2)16(18)12-13-8-9-14-6-4-5-7-15(14)11-13/h1,4-9,11H,10,12H2,2H3.